The zero-order valence-electron chi connectivity index (χ0n) is 11.4. The van der Waals surface area contributed by atoms with E-state index >= 15 is 0 Å². The predicted octanol–water partition coefficient (Wildman–Crippen LogP) is 1.97. The third-order valence-corrected chi connectivity index (χ3v) is 3.88. The summed E-state index contributed by atoms with van der Waals surface area (Å²) in [5, 5.41) is 8.26. The number of nitrogens with two attached hydrogens (primary N) is 1. The van der Waals surface area contributed by atoms with Gasteiger partial charge in [-0.25, -0.2) is 0 Å². The number of benzene rings is 1. The summed E-state index contributed by atoms with van der Waals surface area (Å²) in [6.45, 7) is 0.443. The van der Waals surface area contributed by atoms with Crippen LogP contribution in [0.15, 0.2) is 41.2 Å². The zero-order chi connectivity index (χ0) is 14.2. The van der Waals surface area contributed by atoms with E-state index in [1.165, 1.54) is 11.1 Å². The third kappa shape index (κ3) is 2.18. The largest absolute Gasteiger partial charge is 0.396 e. The molecule has 6 nitrogen and oxygen atoms in total. The van der Waals surface area contributed by atoms with Crippen molar-refractivity contribution >= 4 is 5.69 Å². The van der Waals surface area contributed by atoms with Crippen molar-refractivity contribution in [2.75, 3.05) is 5.73 Å². The number of hydrogen-bond donors (Lipinski definition) is 1. The predicted molar refractivity (Wildman–Crippen MR) is 76.6 cm³/mol. The Morgan fingerprint density at radius 3 is 3.10 bits per heavy atom. The standard InChI is InChI=1S/C15H15N5O/c16-11-7-17-20(8-11)9-14-18-15(19-21-14)13-6-5-10-3-1-2-4-12(10)13/h1-4,7-8,13H,5-6,9,16H2. The molecule has 0 saturated carbocycles. The summed E-state index contributed by atoms with van der Waals surface area (Å²) in [5.41, 5.74) is 8.96. The van der Waals surface area contributed by atoms with Crippen molar-refractivity contribution in [3.63, 3.8) is 0 Å². The summed E-state index contributed by atoms with van der Waals surface area (Å²) in [4.78, 5) is 4.52. The molecular formula is C15H15N5O. The van der Waals surface area contributed by atoms with Gasteiger partial charge in [-0.3, -0.25) is 4.68 Å². The minimum Gasteiger partial charge on any atom is -0.396 e. The van der Waals surface area contributed by atoms with Gasteiger partial charge >= 0.3 is 0 Å². The molecule has 4 rings (SSSR count). The Morgan fingerprint density at radius 2 is 2.24 bits per heavy atom. The average Bonchev–Trinajstić information content (AvgIpc) is 3.19. The van der Waals surface area contributed by atoms with E-state index in [0.29, 0.717) is 18.1 Å². The Labute approximate surface area is 121 Å². The van der Waals surface area contributed by atoms with Crippen molar-refractivity contribution in [2.24, 2.45) is 0 Å². The van der Waals surface area contributed by atoms with E-state index in [0.717, 1.165) is 18.7 Å². The lowest BCUT2D eigenvalue weighted by molar-refractivity contribution is 0.359. The molecule has 0 saturated heterocycles. The maximum atomic E-state index is 5.64. The van der Waals surface area contributed by atoms with Crippen molar-refractivity contribution in [1.82, 2.24) is 19.9 Å². The van der Waals surface area contributed by atoms with Crippen LogP contribution in [0.4, 0.5) is 5.69 Å². The van der Waals surface area contributed by atoms with Crippen LogP contribution in [-0.2, 0) is 13.0 Å². The quantitative estimate of drug-likeness (QED) is 0.793. The first-order valence-corrected chi connectivity index (χ1v) is 6.98. The highest BCUT2D eigenvalue weighted by Crippen LogP contribution is 2.36. The Balaban J connectivity index is 1.58. The van der Waals surface area contributed by atoms with E-state index in [4.69, 9.17) is 10.3 Å². The van der Waals surface area contributed by atoms with Crippen molar-refractivity contribution in [2.45, 2.75) is 25.3 Å². The van der Waals surface area contributed by atoms with Crippen molar-refractivity contribution in [1.29, 1.82) is 0 Å². The Bertz CT molecular complexity index is 776. The van der Waals surface area contributed by atoms with E-state index in [-0.39, 0.29) is 5.92 Å². The molecule has 6 heteroatoms. The fourth-order valence-corrected chi connectivity index (χ4v) is 2.90. The van der Waals surface area contributed by atoms with Gasteiger partial charge in [0.25, 0.3) is 0 Å². The van der Waals surface area contributed by atoms with Gasteiger partial charge in [0.05, 0.1) is 11.9 Å². The molecular weight excluding hydrogens is 266 g/mol. The monoisotopic (exact) mass is 281 g/mol. The van der Waals surface area contributed by atoms with Crippen LogP contribution in [0.1, 0.15) is 35.2 Å². The van der Waals surface area contributed by atoms with Crippen LogP contribution in [0, 0.1) is 0 Å². The topological polar surface area (TPSA) is 82.8 Å². The highest BCUT2D eigenvalue weighted by Gasteiger charge is 2.27. The van der Waals surface area contributed by atoms with E-state index in [2.05, 4.69) is 39.5 Å². The Morgan fingerprint density at radius 1 is 1.33 bits per heavy atom. The van der Waals surface area contributed by atoms with Crippen molar-refractivity contribution in [3.8, 4) is 0 Å². The molecule has 0 spiro atoms. The number of nitrogens with zero attached hydrogens (tertiary/aromatic N) is 4. The SMILES string of the molecule is Nc1cnn(Cc2nc(C3CCc4ccccc43)no2)c1. The fourth-order valence-electron chi connectivity index (χ4n) is 2.90. The lowest BCUT2D eigenvalue weighted by atomic mass is 10.0. The first-order chi connectivity index (χ1) is 10.3. The molecule has 0 radical (unpaired) electrons. The lowest BCUT2D eigenvalue weighted by Crippen LogP contribution is -2.02. The van der Waals surface area contributed by atoms with Crippen LogP contribution in [0.3, 0.4) is 0 Å². The molecule has 1 aliphatic carbocycles. The van der Waals surface area contributed by atoms with Gasteiger partial charge in [-0.05, 0) is 24.0 Å². The number of fused-ring (bicyclic) bond motifs is 1. The van der Waals surface area contributed by atoms with Gasteiger partial charge in [-0.2, -0.15) is 10.1 Å². The summed E-state index contributed by atoms with van der Waals surface area (Å²) in [6.07, 6.45) is 5.45. The molecule has 1 aromatic carbocycles. The van der Waals surface area contributed by atoms with Gasteiger partial charge in [0.2, 0.25) is 5.89 Å². The maximum Gasteiger partial charge on any atom is 0.248 e. The van der Waals surface area contributed by atoms with Crippen molar-refractivity contribution in [3.05, 3.63) is 59.5 Å². The molecule has 1 atom stereocenters. The summed E-state index contributed by atoms with van der Waals surface area (Å²) in [5.74, 6) is 1.55. The molecule has 0 aliphatic heterocycles. The van der Waals surface area contributed by atoms with Gasteiger partial charge in [0.1, 0.15) is 6.54 Å². The van der Waals surface area contributed by atoms with Crippen LogP contribution >= 0.6 is 0 Å². The van der Waals surface area contributed by atoms with E-state index in [1.807, 2.05) is 0 Å². The summed E-state index contributed by atoms with van der Waals surface area (Å²) >= 11 is 0. The van der Waals surface area contributed by atoms with Gasteiger partial charge in [-0.15, -0.1) is 0 Å². The second-order valence-corrected chi connectivity index (χ2v) is 5.31. The Kier molecular flexibility index (Phi) is 2.73. The molecule has 1 unspecified atom stereocenters. The average molecular weight is 281 g/mol. The summed E-state index contributed by atoms with van der Waals surface area (Å²) in [6, 6.07) is 8.45. The lowest BCUT2D eigenvalue weighted by Gasteiger charge is -2.05. The maximum absolute atomic E-state index is 5.64. The summed E-state index contributed by atoms with van der Waals surface area (Å²) < 4.78 is 7.03. The fraction of sp³-hybridized carbons (Fsp3) is 0.267. The minimum absolute atomic E-state index is 0.237. The number of aromatic nitrogens is 4. The third-order valence-electron chi connectivity index (χ3n) is 3.88. The number of aryl methyl sites for hydroxylation is 1. The number of hydrogen-bond acceptors (Lipinski definition) is 5. The van der Waals surface area contributed by atoms with Gasteiger partial charge in [0.15, 0.2) is 5.82 Å². The molecule has 0 fully saturated rings. The van der Waals surface area contributed by atoms with Gasteiger partial charge in [-0.1, -0.05) is 29.4 Å². The van der Waals surface area contributed by atoms with Crippen LogP contribution in [0.25, 0.3) is 0 Å². The molecule has 0 amide bonds. The van der Waals surface area contributed by atoms with Gasteiger partial charge in [0, 0.05) is 12.1 Å². The molecule has 0 bridgehead atoms. The van der Waals surface area contributed by atoms with Crippen LogP contribution in [-0.4, -0.2) is 19.9 Å². The van der Waals surface area contributed by atoms with Gasteiger partial charge < -0.3 is 10.3 Å². The van der Waals surface area contributed by atoms with Crippen LogP contribution in [0.2, 0.25) is 0 Å². The second-order valence-electron chi connectivity index (χ2n) is 5.31. The van der Waals surface area contributed by atoms with E-state index in [9.17, 15) is 0 Å². The zero-order valence-corrected chi connectivity index (χ0v) is 11.4. The van der Waals surface area contributed by atoms with Crippen LogP contribution in [0.5, 0.6) is 0 Å². The smallest absolute Gasteiger partial charge is 0.248 e. The van der Waals surface area contributed by atoms with Crippen molar-refractivity contribution < 1.29 is 4.52 Å². The second kappa shape index (κ2) is 4.73. The molecule has 2 N–H and O–H groups in total. The highest BCUT2D eigenvalue weighted by molar-refractivity contribution is 5.38. The summed E-state index contributed by atoms with van der Waals surface area (Å²) in [7, 11) is 0. The minimum atomic E-state index is 0.237. The molecule has 3 aromatic rings. The number of rotatable bonds is 3. The molecule has 1 aliphatic rings. The molecule has 2 aromatic heterocycles. The normalized spacial score (nSPS) is 17.0. The first kappa shape index (κ1) is 12.1. The van der Waals surface area contributed by atoms with Crippen LogP contribution < -0.4 is 5.73 Å². The molecule has 106 valence electrons. The Hall–Kier alpha value is -2.63. The molecule has 21 heavy (non-hydrogen) atoms. The number of anilines is 1. The first-order valence-electron chi connectivity index (χ1n) is 6.98. The number of nitrogen functional groups attached to an aromatic ring is 1. The van der Waals surface area contributed by atoms with E-state index in [1.54, 1.807) is 17.1 Å². The molecule has 2 heterocycles. The highest BCUT2D eigenvalue weighted by atomic mass is 16.5. The van der Waals surface area contributed by atoms with E-state index < -0.39 is 0 Å².